The van der Waals surface area contributed by atoms with Crippen LogP contribution in [0.2, 0.25) is 0 Å². The Balaban J connectivity index is 1.90. The van der Waals surface area contributed by atoms with Crippen molar-refractivity contribution in [2.45, 2.75) is 49.4 Å². The summed E-state index contributed by atoms with van der Waals surface area (Å²) in [6, 6.07) is 13.8. The molecule has 4 heteroatoms. The van der Waals surface area contributed by atoms with E-state index in [4.69, 9.17) is 0 Å². The maximum Gasteiger partial charge on any atom is 0.254 e. The van der Waals surface area contributed by atoms with Crippen molar-refractivity contribution in [3.05, 3.63) is 59.8 Å². The first-order valence-corrected chi connectivity index (χ1v) is 9.27. The van der Waals surface area contributed by atoms with Crippen molar-refractivity contribution >= 4 is 17.7 Å². The molecule has 24 heavy (non-hydrogen) atoms. The van der Waals surface area contributed by atoms with Crippen LogP contribution in [0.25, 0.3) is 0 Å². The Bertz CT molecular complexity index is 709. The number of aromatic nitrogens is 1. The molecule has 2 aromatic rings. The standard InChI is InChI=1S/C20H24N2OS/c1-20(2,3)24-18-16(11-7-13-21-18)17-12-8-14-22(17)19(23)15-9-5-4-6-10-15/h4-7,9-11,13,17H,8,12,14H2,1-3H3/t17-/m0/s1. The predicted octanol–water partition coefficient (Wildman–Crippen LogP) is 4.95. The zero-order chi connectivity index (χ0) is 17.2. The van der Waals surface area contributed by atoms with E-state index in [1.54, 1.807) is 11.8 Å². The Morgan fingerprint density at radius 3 is 2.62 bits per heavy atom. The lowest BCUT2D eigenvalue weighted by Gasteiger charge is -2.28. The van der Waals surface area contributed by atoms with E-state index < -0.39 is 0 Å². The van der Waals surface area contributed by atoms with Crippen molar-refractivity contribution in [3.8, 4) is 0 Å². The number of likely N-dealkylation sites (tertiary alicyclic amines) is 1. The van der Waals surface area contributed by atoms with Crippen LogP contribution in [0, 0.1) is 0 Å². The van der Waals surface area contributed by atoms with Crippen molar-refractivity contribution in [1.82, 2.24) is 9.88 Å². The van der Waals surface area contributed by atoms with Gasteiger partial charge in [0.15, 0.2) is 0 Å². The Kier molecular flexibility index (Phi) is 4.95. The van der Waals surface area contributed by atoms with Crippen molar-refractivity contribution in [2.24, 2.45) is 0 Å². The fraction of sp³-hybridized carbons (Fsp3) is 0.400. The lowest BCUT2D eigenvalue weighted by Crippen LogP contribution is -2.31. The van der Waals surface area contributed by atoms with E-state index in [1.165, 1.54) is 5.56 Å². The second kappa shape index (κ2) is 6.98. The first kappa shape index (κ1) is 17.0. The zero-order valence-corrected chi connectivity index (χ0v) is 15.3. The quantitative estimate of drug-likeness (QED) is 0.741. The summed E-state index contributed by atoms with van der Waals surface area (Å²) in [5.74, 6) is 0.119. The number of rotatable bonds is 3. The average Bonchev–Trinajstić information content (AvgIpc) is 3.03. The summed E-state index contributed by atoms with van der Waals surface area (Å²) in [6.07, 6.45) is 3.88. The molecule has 3 rings (SSSR count). The maximum absolute atomic E-state index is 12.9. The van der Waals surface area contributed by atoms with Gasteiger partial charge < -0.3 is 4.90 Å². The molecule has 1 aromatic carbocycles. The van der Waals surface area contributed by atoms with Gasteiger partial charge in [0.25, 0.3) is 5.91 Å². The Labute approximate surface area is 148 Å². The molecule has 1 atom stereocenters. The minimum absolute atomic E-state index is 0.0932. The molecule has 1 amide bonds. The smallest absolute Gasteiger partial charge is 0.254 e. The largest absolute Gasteiger partial charge is 0.332 e. The fourth-order valence-electron chi connectivity index (χ4n) is 3.11. The Morgan fingerprint density at radius 2 is 1.92 bits per heavy atom. The highest BCUT2D eigenvalue weighted by molar-refractivity contribution is 8.00. The number of hydrogen-bond donors (Lipinski definition) is 0. The van der Waals surface area contributed by atoms with Crippen LogP contribution in [-0.2, 0) is 0 Å². The second-order valence-corrected chi connectivity index (χ2v) is 8.95. The van der Waals surface area contributed by atoms with E-state index in [0.717, 1.165) is 30.0 Å². The highest BCUT2D eigenvalue weighted by Gasteiger charge is 2.33. The lowest BCUT2D eigenvalue weighted by atomic mass is 10.1. The number of carbonyl (C=O) groups is 1. The van der Waals surface area contributed by atoms with Crippen molar-refractivity contribution in [2.75, 3.05) is 6.54 Å². The molecule has 1 aliphatic rings. The van der Waals surface area contributed by atoms with Gasteiger partial charge in [-0.1, -0.05) is 45.0 Å². The van der Waals surface area contributed by atoms with Gasteiger partial charge in [-0.15, -0.1) is 11.8 Å². The number of benzene rings is 1. The molecule has 0 N–H and O–H groups in total. The monoisotopic (exact) mass is 340 g/mol. The van der Waals surface area contributed by atoms with Gasteiger partial charge in [0.1, 0.15) is 5.03 Å². The minimum Gasteiger partial charge on any atom is -0.332 e. The first-order valence-electron chi connectivity index (χ1n) is 8.46. The van der Waals surface area contributed by atoms with Gasteiger partial charge in [0, 0.05) is 28.6 Å². The third-order valence-corrected chi connectivity index (χ3v) is 5.24. The summed E-state index contributed by atoms with van der Waals surface area (Å²) in [4.78, 5) is 19.5. The lowest BCUT2D eigenvalue weighted by molar-refractivity contribution is 0.0733. The van der Waals surface area contributed by atoms with Gasteiger partial charge in [-0.2, -0.15) is 0 Å². The minimum atomic E-state index is 0.0932. The molecule has 1 aliphatic heterocycles. The molecule has 0 saturated carbocycles. The van der Waals surface area contributed by atoms with Crippen LogP contribution in [0.15, 0.2) is 53.7 Å². The zero-order valence-electron chi connectivity index (χ0n) is 14.5. The van der Waals surface area contributed by atoms with E-state index in [0.29, 0.717) is 0 Å². The normalized spacial score (nSPS) is 18.0. The summed E-state index contributed by atoms with van der Waals surface area (Å²) in [7, 11) is 0. The van der Waals surface area contributed by atoms with Crippen molar-refractivity contribution < 1.29 is 4.79 Å². The molecule has 0 aliphatic carbocycles. The van der Waals surface area contributed by atoms with Crippen LogP contribution in [0.4, 0.5) is 0 Å². The van der Waals surface area contributed by atoms with Crippen molar-refractivity contribution in [1.29, 1.82) is 0 Å². The number of thioether (sulfide) groups is 1. The van der Waals surface area contributed by atoms with Crippen LogP contribution in [-0.4, -0.2) is 27.1 Å². The molecule has 0 radical (unpaired) electrons. The van der Waals surface area contributed by atoms with Crippen LogP contribution in [0.5, 0.6) is 0 Å². The molecule has 1 aromatic heterocycles. The summed E-state index contributed by atoms with van der Waals surface area (Å²) >= 11 is 1.77. The third-order valence-electron chi connectivity index (χ3n) is 4.10. The van der Waals surface area contributed by atoms with Gasteiger partial charge >= 0.3 is 0 Å². The predicted molar refractivity (Wildman–Crippen MR) is 99.3 cm³/mol. The average molecular weight is 340 g/mol. The van der Waals surface area contributed by atoms with Crippen LogP contribution in [0.3, 0.4) is 0 Å². The second-order valence-electron chi connectivity index (χ2n) is 7.13. The number of hydrogen-bond acceptors (Lipinski definition) is 3. The molecule has 0 spiro atoms. The van der Waals surface area contributed by atoms with Gasteiger partial charge in [-0.3, -0.25) is 4.79 Å². The van der Waals surface area contributed by atoms with E-state index in [2.05, 4.69) is 31.8 Å². The molecule has 1 fully saturated rings. The maximum atomic E-state index is 12.9. The van der Waals surface area contributed by atoms with Gasteiger partial charge in [-0.05, 0) is 31.0 Å². The van der Waals surface area contributed by atoms with E-state index >= 15 is 0 Å². The van der Waals surface area contributed by atoms with E-state index in [9.17, 15) is 4.79 Å². The number of amides is 1. The summed E-state index contributed by atoms with van der Waals surface area (Å²) < 4.78 is 0.0932. The molecule has 3 nitrogen and oxygen atoms in total. The summed E-state index contributed by atoms with van der Waals surface area (Å²) in [5, 5.41) is 1.04. The molecular formula is C20H24N2OS. The molecule has 1 saturated heterocycles. The third kappa shape index (κ3) is 3.81. The first-order chi connectivity index (χ1) is 11.5. The van der Waals surface area contributed by atoms with E-state index in [-0.39, 0.29) is 16.7 Å². The summed E-state index contributed by atoms with van der Waals surface area (Å²) in [5.41, 5.74) is 1.94. The van der Waals surface area contributed by atoms with Crippen LogP contribution < -0.4 is 0 Å². The topological polar surface area (TPSA) is 33.2 Å². The molecular weight excluding hydrogens is 316 g/mol. The molecule has 2 heterocycles. The highest BCUT2D eigenvalue weighted by Crippen LogP contribution is 2.40. The molecule has 0 unspecified atom stereocenters. The Hall–Kier alpha value is -1.81. The summed E-state index contributed by atoms with van der Waals surface area (Å²) in [6.45, 7) is 7.39. The van der Waals surface area contributed by atoms with Crippen molar-refractivity contribution in [3.63, 3.8) is 0 Å². The SMILES string of the molecule is CC(C)(C)Sc1ncccc1[C@@H]1CCCN1C(=O)c1ccccc1. The van der Waals surface area contributed by atoms with Crippen LogP contribution in [0.1, 0.15) is 55.6 Å². The number of carbonyl (C=O) groups excluding carboxylic acids is 1. The Morgan fingerprint density at radius 1 is 1.17 bits per heavy atom. The number of pyridine rings is 1. The fourth-order valence-corrected chi connectivity index (χ4v) is 4.13. The van der Waals surface area contributed by atoms with Crippen LogP contribution >= 0.6 is 11.8 Å². The highest BCUT2D eigenvalue weighted by atomic mass is 32.2. The number of nitrogens with zero attached hydrogens (tertiary/aromatic N) is 2. The van der Waals surface area contributed by atoms with Gasteiger partial charge in [-0.25, -0.2) is 4.98 Å². The van der Waals surface area contributed by atoms with Gasteiger partial charge in [0.2, 0.25) is 0 Å². The van der Waals surface area contributed by atoms with Gasteiger partial charge in [0.05, 0.1) is 6.04 Å². The molecule has 126 valence electrons. The van der Waals surface area contributed by atoms with E-state index in [1.807, 2.05) is 47.5 Å². The molecule has 0 bridgehead atoms.